The van der Waals surface area contributed by atoms with E-state index >= 15 is 0 Å². The monoisotopic (exact) mass is 342 g/mol. The van der Waals surface area contributed by atoms with Crippen molar-refractivity contribution in [3.63, 3.8) is 0 Å². The van der Waals surface area contributed by atoms with Gasteiger partial charge in [-0.1, -0.05) is 28.9 Å². The number of hydrogen-bond acceptors (Lipinski definition) is 4. The van der Waals surface area contributed by atoms with Gasteiger partial charge in [0.25, 0.3) is 0 Å². The van der Waals surface area contributed by atoms with Gasteiger partial charge in [0.2, 0.25) is 11.1 Å². The van der Waals surface area contributed by atoms with Gasteiger partial charge in [0, 0.05) is 23.6 Å². The first kappa shape index (κ1) is 16.8. The van der Waals surface area contributed by atoms with Crippen molar-refractivity contribution in [2.24, 2.45) is 0 Å². The van der Waals surface area contributed by atoms with Crippen molar-refractivity contribution < 1.29 is 14.4 Å². The van der Waals surface area contributed by atoms with Crippen LogP contribution >= 0.6 is 23.2 Å². The lowest BCUT2D eigenvalue weighted by Crippen LogP contribution is -2.28. The van der Waals surface area contributed by atoms with Crippen LogP contribution in [0.4, 0.5) is 0 Å². The second-order valence-electron chi connectivity index (χ2n) is 4.89. The number of nitrogens with zero attached hydrogens (tertiary/aromatic N) is 1. The number of aromatic nitrogens is 1. The van der Waals surface area contributed by atoms with Crippen LogP contribution in [0, 0.1) is 6.92 Å². The van der Waals surface area contributed by atoms with Crippen molar-refractivity contribution in [1.82, 2.24) is 10.5 Å². The van der Waals surface area contributed by atoms with E-state index < -0.39 is 6.10 Å². The third kappa shape index (κ3) is 4.47. The van der Waals surface area contributed by atoms with Crippen molar-refractivity contribution in [3.05, 3.63) is 51.3 Å². The maximum atomic E-state index is 11.8. The van der Waals surface area contributed by atoms with Gasteiger partial charge in [-0.25, -0.2) is 0 Å². The summed E-state index contributed by atoms with van der Waals surface area (Å²) in [6.07, 6.45) is -0.0891. The molecule has 0 fully saturated rings. The lowest BCUT2D eigenvalue weighted by Gasteiger charge is -2.12. The van der Waals surface area contributed by atoms with Crippen LogP contribution in [-0.2, 0) is 11.2 Å². The van der Waals surface area contributed by atoms with Gasteiger partial charge in [-0.05, 0) is 42.6 Å². The Morgan fingerprint density at radius 1 is 1.36 bits per heavy atom. The van der Waals surface area contributed by atoms with E-state index in [1.165, 1.54) is 0 Å². The van der Waals surface area contributed by atoms with E-state index in [2.05, 4.69) is 10.5 Å². The van der Waals surface area contributed by atoms with Crippen LogP contribution < -0.4 is 5.32 Å². The number of amides is 1. The minimum Gasteiger partial charge on any atom is -0.387 e. The standard InChI is InChI=1S/C15H16Cl2N2O3/c1-9-12(15(17)22-19-9)6-7-14(21)18-8-13(20)10-2-4-11(16)5-3-10/h2-5,13,20H,6-8H2,1H3,(H,18,21)/t13-/m1/s1. The molecule has 1 aromatic carbocycles. The zero-order chi connectivity index (χ0) is 16.1. The number of aryl methyl sites for hydroxylation is 1. The minimum absolute atomic E-state index is 0.136. The quantitative estimate of drug-likeness (QED) is 0.845. The molecule has 0 aliphatic carbocycles. The molecule has 0 bridgehead atoms. The predicted molar refractivity (Wildman–Crippen MR) is 84.0 cm³/mol. The number of carbonyl (C=O) groups is 1. The average Bonchev–Trinajstić information content (AvgIpc) is 2.82. The van der Waals surface area contributed by atoms with Crippen molar-refractivity contribution >= 4 is 29.1 Å². The smallest absolute Gasteiger partial charge is 0.229 e. The van der Waals surface area contributed by atoms with E-state index in [0.29, 0.717) is 22.7 Å². The maximum absolute atomic E-state index is 11.8. The van der Waals surface area contributed by atoms with Gasteiger partial charge < -0.3 is 14.9 Å². The highest BCUT2D eigenvalue weighted by molar-refractivity contribution is 6.30. The molecule has 1 atom stereocenters. The van der Waals surface area contributed by atoms with Crippen LogP contribution in [0.5, 0.6) is 0 Å². The lowest BCUT2D eigenvalue weighted by molar-refractivity contribution is -0.121. The number of aliphatic hydroxyl groups excluding tert-OH is 1. The maximum Gasteiger partial charge on any atom is 0.229 e. The van der Waals surface area contributed by atoms with Gasteiger partial charge in [-0.3, -0.25) is 4.79 Å². The fraction of sp³-hybridized carbons (Fsp3) is 0.333. The van der Waals surface area contributed by atoms with Crippen molar-refractivity contribution in [1.29, 1.82) is 0 Å². The summed E-state index contributed by atoms with van der Waals surface area (Å²) < 4.78 is 4.83. The summed E-state index contributed by atoms with van der Waals surface area (Å²) in [6.45, 7) is 1.91. The van der Waals surface area contributed by atoms with Crippen LogP contribution in [0.15, 0.2) is 28.8 Å². The highest BCUT2D eigenvalue weighted by atomic mass is 35.5. The molecule has 2 aromatic rings. The van der Waals surface area contributed by atoms with Gasteiger partial charge in [0.05, 0.1) is 11.8 Å². The van der Waals surface area contributed by atoms with Gasteiger partial charge in [-0.2, -0.15) is 0 Å². The van der Waals surface area contributed by atoms with Crippen LogP contribution in [0.1, 0.15) is 29.3 Å². The Balaban J connectivity index is 1.79. The Morgan fingerprint density at radius 3 is 2.64 bits per heavy atom. The summed E-state index contributed by atoms with van der Waals surface area (Å²) in [5.74, 6) is -0.176. The average molecular weight is 343 g/mol. The Kier molecular flexibility index (Phi) is 5.83. The van der Waals surface area contributed by atoms with E-state index in [0.717, 1.165) is 5.56 Å². The number of halogens is 2. The number of hydrogen-bond donors (Lipinski definition) is 2. The third-order valence-corrected chi connectivity index (χ3v) is 3.84. The number of carbonyl (C=O) groups excluding carboxylic acids is 1. The summed E-state index contributed by atoms with van der Waals surface area (Å²) >= 11 is 11.6. The Labute approximate surface area is 138 Å². The first-order valence-corrected chi connectivity index (χ1v) is 7.54. The summed E-state index contributed by atoms with van der Waals surface area (Å²) in [7, 11) is 0. The molecule has 118 valence electrons. The molecule has 1 heterocycles. The highest BCUT2D eigenvalue weighted by Crippen LogP contribution is 2.20. The molecular weight excluding hydrogens is 327 g/mol. The highest BCUT2D eigenvalue weighted by Gasteiger charge is 2.14. The summed E-state index contributed by atoms with van der Waals surface area (Å²) in [6, 6.07) is 6.83. The van der Waals surface area contributed by atoms with Gasteiger partial charge in [0.15, 0.2) is 0 Å². The molecule has 1 amide bonds. The molecule has 0 aliphatic rings. The van der Waals surface area contributed by atoms with Gasteiger partial charge in [0.1, 0.15) is 0 Å². The van der Waals surface area contributed by atoms with E-state index in [4.69, 9.17) is 27.7 Å². The molecule has 0 unspecified atom stereocenters. The van der Waals surface area contributed by atoms with E-state index in [9.17, 15) is 9.90 Å². The topological polar surface area (TPSA) is 75.4 Å². The zero-order valence-electron chi connectivity index (χ0n) is 12.0. The summed E-state index contributed by atoms with van der Waals surface area (Å²) in [5.41, 5.74) is 2.11. The van der Waals surface area contributed by atoms with Crippen molar-refractivity contribution in [3.8, 4) is 0 Å². The van der Waals surface area contributed by atoms with Crippen molar-refractivity contribution in [2.45, 2.75) is 25.9 Å². The molecule has 22 heavy (non-hydrogen) atoms. The summed E-state index contributed by atoms with van der Waals surface area (Å²) in [5, 5.41) is 17.2. The molecule has 7 heteroatoms. The second kappa shape index (κ2) is 7.63. The largest absolute Gasteiger partial charge is 0.387 e. The first-order valence-electron chi connectivity index (χ1n) is 6.78. The molecule has 0 saturated carbocycles. The number of rotatable bonds is 6. The Bertz CT molecular complexity index is 621. The fourth-order valence-electron chi connectivity index (χ4n) is 1.98. The minimum atomic E-state index is -0.776. The van der Waals surface area contributed by atoms with Gasteiger partial charge in [-0.15, -0.1) is 0 Å². The Hall–Kier alpha value is -1.56. The van der Waals surface area contributed by atoms with Gasteiger partial charge >= 0.3 is 0 Å². The predicted octanol–water partition coefficient (Wildman–Crippen LogP) is 3.07. The van der Waals surface area contributed by atoms with Crippen LogP contribution in [-0.4, -0.2) is 22.7 Å². The molecular formula is C15H16Cl2N2O3. The number of benzene rings is 1. The molecule has 0 saturated heterocycles. The molecule has 5 nitrogen and oxygen atoms in total. The molecule has 0 spiro atoms. The van der Waals surface area contributed by atoms with E-state index in [1.807, 2.05) is 0 Å². The zero-order valence-corrected chi connectivity index (χ0v) is 13.5. The molecule has 1 aromatic heterocycles. The SMILES string of the molecule is Cc1noc(Cl)c1CCC(=O)NC[C@@H](O)c1ccc(Cl)cc1. The number of aliphatic hydroxyl groups is 1. The van der Waals surface area contributed by atoms with Crippen LogP contribution in [0.25, 0.3) is 0 Å². The summed E-state index contributed by atoms with van der Waals surface area (Å²) in [4.78, 5) is 11.8. The second-order valence-corrected chi connectivity index (χ2v) is 5.67. The lowest BCUT2D eigenvalue weighted by atomic mass is 10.1. The van der Waals surface area contributed by atoms with E-state index in [-0.39, 0.29) is 24.1 Å². The van der Waals surface area contributed by atoms with Crippen molar-refractivity contribution in [2.75, 3.05) is 6.54 Å². The molecule has 0 aliphatic heterocycles. The Morgan fingerprint density at radius 2 is 2.05 bits per heavy atom. The molecule has 0 radical (unpaired) electrons. The molecule has 2 rings (SSSR count). The first-order chi connectivity index (χ1) is 10.5. The third-order valence-electron chi connectivity index (χ3n) is 3.29. The molecule has 2 N–H and O–H groups in total. The van der Waals surface area contributed by atoms with Crippen LogP contribution in [0.3, 0.4) is 0 Å². The fourth-order valence-corrected chi connectivity index (χ4v) is 2.37. The number of nitrogens with one attached hydrogen (secondary N) is 1. The van der Waals surface area contributed by atoms with E-state index in [1.54, 1.807) is 31.2 Å². The van der Waals surface area contributed by atoms with Crippen LogP contribution in [0.2, 0.25) is 10.2 Å². The normalized spacial score (nSPS) is 12.2.